The number of hydrogen-bond acceptors (Lipinski definition) is 3. The molecule has 0 aliphatic heterocycles. The molecule has 0 bridgehead atoms. The zero-order chi connectivity index (χ0) is 10.9. The average molecular weight is 205 g/mol. The molecule has 0 saturated heterocycles. The molecule has 0 saturated carbocycles. The fraction of sp³-hybridized carbons (Fsp3) is 0.333. The minimum absolute atomic E-state index is 0.354. The van der Waals surface area contributed by atoms with Gasteiger partial charge in [-0.1, -0.05) is 12.6 Å². The normalized spacial score (nSPS) is 9.60. The predicted molar refractivity (Wildman–Crippen MR) is 58.3 cm³/mol. The molecule has 0 fully saturated rings. The van der Waals surface area contributed by atoms with Crippen molar-refractivity contribution in [1.82, 2.24) is 4.98 Å². The van der Waals surface area contributed by atoms with Crippen LogP contribution in [-0.2, 0) is 16.0 Å². The van der Waals surface area contributed by atoms with Crippen molar-refractivity contribution in [3.05, 3.63) is 42.7 Å². The molecule has 0 aliphatic carbocycles. The van der Waals surface area contributed by atoms with Crippen molar-refractivity contribution >= 4 is 5.97 Å². The van der Waals surface area contributed by atoms with Gasteiger partial charge < -0.3 is 4.74 Å². The average Bonchev–Trinajstić information content (AvgIpc) is 2.29. The lowest BCUT2D eigenvalue weighted by molar-refractivity contribution is -0.137. The molecule has 0 atom stereocenters. The number of carbonyl (C=O) groups is 1. The van der Waals surface area contributed by atoms with E-state index >= 15 is 0 Å². The lowest BCUT2D eigenvalue weighted by atomic mass is 10.2. The van der Waals surface area contributed by atoms with E-state index in [0.717, 1.165) is 25.0 Å². The molecule has 0 aliphatic rings. The Bertz CT molecular complexity index is 309. The van der Waals surface area contributed by atoms with E-state index < -0.39 is 0 Å². The molecular formula is C12H15NO2. The Kier molecular flexibility index (Phi) is 5.15. The number of ether oxygens (including phenoxy) is 1. The van der Waals surface area contributed by atoms with Crippen LogP contribution in [-0.4, -0.2) is 17.6 Å². The number of aromatic nitrogens is 1. The second kappa shape index (κ2) is 6.76. The van der Waals surface area contributed by atoms with Crippen molar-refractivity contribution in [2.45, 2.75) is 19.3 Å². The van der Waals surface area contributed by atoms with E-state index in [9.17, 15) is 4.79 Å². The Hall–Kier alpha value is -1.64. The molecular weight excluding hydrogens is 190 g/mol. The van der Waals surface area contributed by atoms with Crippen LogP contribution in [0.5, 0.6) is 0 Å². The van der Waals surface area contributed by atoms with Crippen LogP contribution >= 0.6 is 0 Å². The summed E-state index contributed by atoms with van der Waals surface area (Å²) in [5.41, 5.74) is 1.08. The van der Waals surface area contributed by atoms with Gasteiger partial charge in [-0.25, -0.2) is 4.79 Å². The molecule has 1 aromatic rings. The molecule has 0 radical (unpaired) electrons. The molecule has 3 nitrogen and oxygen atoms in total. The van der Waals surface area contributed by atoms with E-state index in [1.54, 1.807) is 6.20 Å². The van der Waals surface area contributed by atoms with Crippen LogP contribution in [0, 0.1) is 0 Å². The highest BCUT2D eigenvalue weighted by molar-refractivity contribution is 5.81. The summed E-state index contributed by atoms with van der Waals surface area (Å²) in [5.74, 6) is -0.354. The van der Waals surface area contributed by atoms with Gasteiger partial charge in [-0.3, -0.25) is 4.98 Å². The number of esters is 1. The minimum atomic E-state index is -0.354. The molecule has 15 heavy (non-hydrogen) atoms. The Morgan fingerprint density at radius 2 is 2.33 bits per heavy atom. The van der Waals surface area contributed by atoms with E-state index in [-0.39, 0.29) is 5.97 Å². The minimum Gasteiger partial charge on any atom is -0.463 e. The third kappa shape index (κ3) is 4.96. The second-order valence-electron chi connectivity index (χ2n) is 3.15. The number of nitrogens with zero attached hydrogens (tertiary/aromatic N) is 1. The highest BCUT2D eigenvalue weighted by Crippen LogP contribution is 2.01. The van der Waals surface area contributed by atoms with Crippen LogP contribution in [0.25, 0.3) is 0 Å². The highest BCUT2D eigenvalue weighted by atomic mass is 16.5. The number of pyridine rings is 1. The van der Waals surface area contributed by atoms with Gasteiger partial charge in [0.1, 0.15) is 0 Å². The first-order valence-corrected chi connectivity index (χ1v) is 5.02. The topological polar surface area (TPSA) is 39.2 Å². The standard InChI is InChI=1S/C12H15NO2/c1-2-12(14)15-10-6-4-8-11-7-3-5-9-13-11/h2-3,5,7,9H,1,4,6,8,10H2. The lowest BCUT2D eigenvalue weighted by Crippen LogP contribution is -2.02. The van der Waals surface area contributed by atoms with Gasteiger partial charge in [0.2, 0.25) is 0 Å². The van der Waals surface area contributed by atoms with Crippen molar-refractivity contribution in [3.8, 4) is 0 Å². The zero-order valence-electron chi connectivity index (χ0n) is 8.69. The predicted octanol–water partition coefficient (Wildman–Crippen LogP) is 2.13. The second-order valence-corrected chi connectivity index (χ2v) is 3.15. The van der Waals surface area contributed by atoms with E-state index in [1.807, 2.05) is 18.2 Å². The molecule has 1 aromatic heterocycles. The highest BCUT2D eigenvalue weighted by Gasteiger charge is 1.96. The third-order valence-electron chi connectivity index (χ3n) is 1.96. The molecule has 0 aromatic carbocycles. The number of aryl methyl sites for hydroxylation is 1. The molecule has 1 rings (SSSR count). The number of carbonyl (C=O) groups excluding carboxylic acids is 1. The van der Waals surface area contributed by atoms with Gasteiger partial charge in [0, 0.05) is 18.0 Å². The third-order valence-corrected chi connectivity index (χ3v) is 1.96. The van der Waals surface area contributed by atoms with Crippen molar-refractivity contribution in [2.24, 2.45) is 0 Å². The molecule has 0 N–H and O–H groups in total. The Balaban J connectivity index is 2.07. The van der Waals surface area contributed by atoms with Gasteiger partial charge in [0.15, 0.2) is 0 Å². The van der Waals surface area contributed by atoms with E-state index in [0.29, 0.717) is 6.61 Å². The Labute approximate surface area is 89.8 Å². The summed E-state index contributed by atoms with van der Waals surface area (Å²) < 4.78 is 4.85. The van der Waals surface area contributed by atoms with E-state index in [2.05, 4.69) is 11.6 Å². The van der Waals surface area contributed by atoms with Crippen molar-refractivity contribution < 1.29 is 9.53 Å². The van der Waals surface area contributed by atoms with Crippen LogP contribution in [0.1, 0.15) is 18.5 Å². The summed E-state index contributed by atoms with van der Waals surface area (Å²) in [6.45, 7) is 3.78. The maximum Gasteiger partial charge on any atom is 0.330 e. The van der Waals surface area contributed by atoms with Crippen LogP contribution in [0.2, 0.25) is 0 Å². The zero-order valence-corrected chi connectivity index (χ0v) is 8.69. The summed E-state index contributed by atoms with van der Waals surface area (Å²) in [5, 5.41) is 0. The van der Waals surface area contributed by atoms with Gasteiger partial charge in [-0.2, -0.15) is 0 Å². The van der Waals surface area contributed by atoms with Crippen molar-refractivity contribution in [1.29, 1.82) is 0 Å². The number of hydrogen-bond donors (Lipinski definition) is 0. The summed E-state index contributed by atoms with van der Waals surface area (Å²) in [7, 11) is 0. The van der Waals surface area contributed by atoms with E-state index in [4.69, 9.17) is 4.74 Å². The smallest absolute Gasteiger partial charge is 0.330 e. The first kappa shape index (κ1) is 11.4. The lowest BCUT2D eigenvalue weighted by Gasteiger charge is -2.01. The van der Waals surface area contributed by atoms with Crippen LogP contribution in [0.4, 0.5) is 0 Å². The molecule has 80 valence electrons. The van der Waals surface area contributed by atoms with Crippen molar-refractivity contribution in [2.75, 3.05) is 6.61 Å². The summed E-state index contributed by atoms with van der Waals surface area (Å²) in [6.07, 6.45) is 5.72. The van der Waals surface area contributed by atoms with Crippen LogP contribution in [0.3, 0.4) is 0 Å². The van der Waals surface area contributed by atoms with Gasteiger partial charge >= 0.3 is 5.97 Å². The molecule has 1 heterocycles. The fourth-order valence-corrected chi connectivity index (χ4v) is 1.19. The van der Waals surface area contributed by atoms with Crippen LogP contribution < -0.4 is 0 Å². The van der Waals surface area contributed by atoms with Gasteiger partial charge in [-0.05, 0) is 31.4 Å². The Morgan fingerprint density at radius 3 is 3.00 bits per heavy atom. The molecule has 0 unspecified atom stereocenters. The monoisotopic (exact) mass is 205 g/mol. The first-order chi connectivity index (χ1) is 7.33. The largest absolute Gasteiger partial charge is 0.463 e. The SMILES string of the molecule is C=CC(=O)OCCCCc1ccccn1. The maximum absolute atomic E-state index is 10.7. The van der Waals surface area contributed by atoms with E-state index in [1.165, 1.54) is 6.08 Å². The van der Waals surface area contributed by atoms with Gasteiger partial charge in [0.05, 0.1) is 6.61 Å². The summed E-state index contributed by atoms with van der Waals surface area (Å²) in [6, 6.07) is 5.87. The first-order valence-electron chi connectivity index (χ1n) is 5.02. The van der Waals surface area contributed by atoms with Gasteiger partial charge in [0.25, 0.3) is 0 Å². The summed E-state index contributed by atoms with van der Waals surface area (Å²) in [4.78, 5) is 14.9. The maximum atomic E-state index is 10.7. The van der Waals surface area contributed by atoms with Gasteiger partial charge in [-0.15, -0.1) is 0 Å². The van der Waals surface area contributed by atoms with Crippen LogP contribution in [0.15, 0.2) is 37.1 Å². The Morgan fingerprint density at radius 1 is 1.47 bits per heavy atom. The van der Waals surface area contributed by atoms with Crippen molar-refractivity contribution in [3.63, 3.8) is 0 Å². The molecule has 3 heteroatoms. The molecule has 0 spiro atoms. The quantitative estimate of drug-likeness (QED) is 0.406. The molecule has 0 amide bonds. The number of unbranched alkanes of at least 4 members (excludes halogenated alkanes) is 1. The fourth-order valence-electron chi connectivity index (χ4n) is 1.19. The summed E-state index contributed by atoms with van der Waals surface area (Å²) >= 11 is 0. The number of rotatable bonds is 6.